The molecule has 0 amide bonds. The number of halogens is 1. The predicted octanol–water partition coefficient (Wildman–Crippen LogP) is 4.15. The second-order valence-corrected chi connectivity index (χ2v) is 6.61. The molecule has 2 N–H and O–H groups in total. The smallest absolute Gasteiger partial charge is 0.0175 e. The molecule has 1 nitrogen and oxygen atoms in total. The molecule has 1 atom stereocenters. The van der Waals surface area contributed by atoms with Gasteiger partial charge in [-0.2, -0.15) is 0 Å². The Morgan fingerprint density at radius 1 is 1.19 bits per heavy atom. The summed E-state index contributed by atoms with van der Waals surface area (Å²) in [5.41, 5.74) is 7.85. The van der Waals surface area contributed by atoms with Crippen LogP contribution >= 0.6 is 15.9 Å². The van der Waals surface area contributed by atoms with Gasteiger partial charge in [-0.1, -0.05) is 48.8 Å². The van der Waals surface area contributed by atoms with E-state index in [1.54, 1.807) is 0 Å². The minimum atomic E-state index is 0.278. The first kappa shape index (κ1) is 13.7. The van der Waals surface area contributed by atoms with Crippen molar-refractivity contribution in [2.24, 2.45) is 11.1 Å². The van der Waals surface area contributed by atoms with Gasteiger partial charge in [-0.25, -0.2) is 0 Å². The van der Waals surface area contributed by atoms with Gasteiger partial charge >= 0.3 is 0 Å². The van der Waals surface area contributed by atoms with Crippen LogP contribution in [0.3, 0.4) is 0 Å². The fourth-order valence-electron chi connectivity index (χ4n) is 1.64. The lowest BCUT2D eigenvalue weighted by atomic mass is 9.87. The summed E-state index contributed by atoms with van der Waals surface area (Å²) in [6.45, 7) is 6.79. The van der Waals surface area contributed by atoms with E-state index < -0.39 is 0 Å². The van der Waals surface area contributed by atoms with Gasteiger partial charge in [0.2, 0.25) is 0 Å². The fraction of sp³-hybridized carbons (Fsp3) is 0.571. The summed E-state index contributed by atoms with van der Waals surface area (Å²) in [4.78, 5) is 0. The Hall–Kier alpha value is -0.340. The lowest BCUT2D eigenvalue weighted by Crippen LogP contribution is -2.24. The first-order valence-corrected chi connectivity index (χ1v) is 6.66. The Kier molecular flexibility index (Phi) is 5.00. The molecule has 0 saturated carbocycles. The van der Waals surface area contributed by atoms with Gasteiger partial charge in [0.05, 0.1) is 0 Å². The highest BCUT2D eigenvalue weighted by Gasteiger charge is 2.12. The van der Waals surface area contributed by atoms with Gasteiger partial charge in [-0.05, 0) is 42.4 Å². The van der Waals surface area contributed by atoms with E-state index in [0.717, 1.165) is 17.3 Å². The molecule has 0 saturated heterocycles. The highest BCUT2D eigenvalue weighted by Crippen LogP contribution is 2.22. The Bertz CT molecular complexity index is 311. The van der Waals surface area contributed by atoms with Crippen LogP contribution in [0, 0.1) is 5.41 Å². The molecule has 0 radical (unpaired) electrons. The van der Waals surface area contributed by atoms with Crippen LogP contribution < -0.4 is 5.73 Å². The zero-order valence-corrected chi connectivity index (χ0v) is 12.0. The van der Waals surface area contributed by atoms with E-state index in [9.17, 15) is 0 Å². The van der Waals surface area contributed by atoms with Gasteiger partial charge in [0.1, 0.15) is 0 Å². The van der Waals surface area contributed by atoms with Crippen molar-refractivity contribution in [3.8, 4) is 0 Å². The summed E-state index contributed by atoms with van der Waals surface area (Å²) in [5, 5.41) is 0. The predicted molar refractivity (Wildman–Crippen MR) is 74.5 cm³/mol. The number of rotatable bonds is 4. The minimum Gasteiger partial charge on any atom is -0.327 e. The molecule has 1 unspecified atom stereocenters. The third kappa shape index (κ3) is 5.66. The van der Waals surface area contributed by atoms with E-state index in [-0.39, 0.29) is 6.04 Å². The Labute approximate surface area is 108 Å². The molecule has 16 heavy (non-hydrogen) atoms. The minimum absolute atomic E-state index is 0.278. The molecule has 90 valence electrons. The molecule has 1 rings (SSSR count). The quantitative estimate of drug-likeness (QED) is 0.883. The molecule has 0 heterocycles. The van der Waals surface area contributed by atoms with Gasteiger partial charge in [-0.3, -0.25) is 0 Å². The van der Waals surface area contributed by atoms with Gasteiger partial charge in [0.15, 0.2) is 0 Å². The van der Waals surface area contributed by atoms with Crippen LogP contribution in [-0.2, 0) is 6.42 Å². The van der Waals surface area contributed by atoms with Crippen molar-refractivity contribution >= 4 is 15.9 Å². The number of hydrogen-bond donors (Lipinski definition) is 1. The topological polar surface area (TPSA) is 26.0 Å². The SMILES string of the molecule is CC(C)(C)CCC(N)Cc1ccc(Br)cc1. The molecule has 1 aromatic carbocycles. The standard InChI is InChI=1S/C14H22BrN/c1-14(2,3)9-8-13(16)10-11-4-6-12(15)7-5-11/h4-7,13H,8-10,16H2,1-3H3. The first-order valence-electron chi connectivity index (χ1n) is 5.87. The van der Waals surface area contributed by atoms with Crippen molar-refractivity contribution in [2.75, 3.05) is 0 Å². The normalized spacial score (nSPS) is 13.8. The van der Waals surface area contributed by atoms with Crippen LogP contribution in [0.2, 0.25) is 0 Å². The average molecular weight is 284 g/mol. The van der Waals surface area contributed by atoms with Crippen LogP contribution in [0.1, 0.15) is 39.2 Å². The maximum Gasteiger partial charge on any atom is 0.0175 e. The fourth-order valence-corrected chi connectivity index (χ4v) is 1.91. The van der Waals surface area contributed by atoms with E-state index in [1.165, 1.54) is 12.0 Å². The van der Waals surface area contributed by atoms with Crippen LogP contribution in [0.4, 0.5) is 0 Å². The maximum atomic E-state index is 6.14. The van der Waals surface area contributed by atoms with E-state index in [4.69, 9.17) is 5.73 Å². The molecule has 2 heteroatoms. The van der Waals surface area contributed by atoms with E-state index >= 15 is 0 Å². The molecule has 0 aromatic heterocycles. The summed E-state index contributed by atoms with van der Waals surface area (Å²) < 4.78 is 1.12. The van der Waals surface area contributed by atoms with Crippen molar-refractivity contribution in [3.05, 3.63) is 34.3 Å². The molecule has 0 bridgehead atoms. The van der Waals surface area contributed by atoms with Crippen molar-refractivity contribution in [2.45, 2.75) is 46.1 Å². The molecule has 0 fully saturated rings. The summed E-state index contributed by atoms with van der Waals surface area (Å²) in [6.07, 6.45) is 3.26. The second kappa shape index (κ2) is 5.83. The summed E-state index contributed by atoms with van der Waals surface area (Å²) in [7, 11) is 0. The summed E-state index contributed by atoms with van der Waals surface area (Å²) in [5.74, 6) is 0. The third-order valence-corrected chi connectivity index (χ3v) is 3.20. The summed E-state index contributed by atoms with van der Waals surface area (Å²) >= 11 is 3.44. The van der Waals surface area contributed by atoms with E-state index in [2.05, 4.69) is 61.0 Å². The van der Waals surface area contributed by atoms with Crippen molar-refractivity contribution in [1.82, 2.24) is 0 Å². The highest BCUT2D eigenvalue weighted by molar-refractivity contribution is 9.10. The first-order chi connectivity index (χ1) is 7.37. The zero-order chi connectivity index (χ0) is 12.2. The van der Waals surface area contributed by atoms with E-state index in [0.29, 0.717) is 5.41 Å². The van der Waals surface area contributed by atoms with Crippen molar-refractivity contribution in [1.29, 1.82) is 0 Å². The monoisotopic (exact) mass is 283 g/mol. The molecule has 0 aliphatic rings. The zero-order valence-electron chi connectivity index (χ0n) is 10.5. The molecule has 1 aromatic rings. The lowest BCUT2D eigenvalue weighted by Gasteiger charge is -2.20. The lowest BCUT2D eigenvalue weighted by molar-refractivity contribution is 0.347. The van der Waals surface area contributed by atoms with Crippen molar-refractivity contribution < 1.29 is 0 Å². The summed E-state index contributed by atoms with van der Waals surface area (Å²) in [6, 6.07) is 8.71. The second-order valence-electron chi connectivity index (χ2n) is 5.69. The number of benzene rings is 1. The number of hydrogen-bond acceptors (Lipinski definition) is 1. The van der Waals surface area contributed by atoms with Gasteiger partial charge < -0.3 is 5.73 Å². The maximum absolute atomic E-state index is 6.14. The molecule has 0 aliphatic carbocycles. The van der Waals surface area contributed by atoms with E-state index in [1.807, 2.05) is 0 Å². The van der Waals surface area contributed by atoms with Gasteiger partial charge in [-0.15, -0.1) is 0 Å². The largest absolute Gasteiger partial charge is 0.327 e. The van der Waals surface area contributed by atoms with Crippen LogP contribution in [0.5, 0.6) is 0 Å². The van der Waals surface area contributed by atoms with Crippen molar-refractivity contribution in [3.63, 3.8) is 0 Å². The molecule has 0 spiro atoms. The van der Waals surface area contributed by atoms with Gasteiger partial charge in [0, 0.05) is 10.5 Å². The molecular weight excluding hydrogens is 262 g/mol. The van der Waals surface area contributed by atoms with Gasteiger partial charge in [0.25, 0.3) is 0 Å². The molecular formula is C14H22BrN. The number of nitrogens with two attached hydrogens (primary N) is 1. The third-order valence-electron chi connectivity index (χ3n) is 2.68. The molecule has 0 aliphatic heterocycles. The Morgan fingerprint density at radius 2 is 1.75 bits per heavy atom. The van der Waals surface area contributed by atoms with Crippen LogP contribution in [-0.4, -0.2) is 6.04 Å². The highest BCUT2D eigenvalue weighted by atomic mass is 79.9. The van der Waals surface area contributed by atoms with Crippen LogP contribution in [0.25, 0.3) is 0 Å². The average Bonchev–Trinajstić information content (AvgIpc) is 2.18. The Morgan fingerprint density at radius 3 is 2.25 bits per heavy atom. The Balaban J connectivity index is 2.39. The van der Waals surface area contributed by atoms with Crippen LogP contribution in [0.15, 0.2) is 28.7 Å².